The Morgan fingerprint density at radius 2 is 2.21 bits per heavy atom. The number of anilines is 1. The second-order valence-corrected chi connectivity index (χ2v) is 2.75. The molecule has 0 atom stereocenters. The highest BCUT2D eigenvalue weighted by Gasteiger charge is 2.10. The summed E-state index contributed by atoms with van der Waals surface area (Å²) in [6.45, 7) is -0.105. The van der Waals surface area contributed by atoms with E-state index in [-0.39, 0.29) is 12.5 Å². The minimum Gasteiger partial charge on any atom is -0.423 e. The molecule has 0 heterocycles. The summed E-state index contributed by atoms with van der Waals surface area (Å²) in [4.78, 5) is 10.9. The molecule has 0 saturated heterocycles. The zero-order valence-corrected chi connectivity index (χ0v) is 7.47. The van der Waals surface area contributed by atoms with Crippen LogP contribution >= 0.6 is 0 Å². The van der Waals surface area contributed by atoms with Gasteiger partial charge in [-0.3, -0.25) is 4.79 Å². The van der Waals surface area contributed by atoms with Gasteiger partial charge in [0.05, 0.1) is 6.54 Å². The van der Waals surface area contributed by atoms with E-state index in [0.29, 0.717) is 11.2 Å². The van der Waals surface area contributed by atoms with Crippen LogP contribution in [0.5, 0.6) is 0 Å². The summed E-state index contributed by atoms with van der Waals surface area (Å²) in [7, 11) is -1.54. The van der Waals surface area contributed by atoms with Crippen LogP contribution in [-0.4, -0.2) is 29.6 Å². The zero-order chi connectivity index (χ0) is 10.6. The number of hydrogen-bond donors (Lipinski definition) is 4. The van der Waals surface area contributed by atoms with E-state index in [1.807, 2.05) is 0 Å². The molecule has 0 radical (unpaired) electrons. The first-order valence-corrected chi connectivity index (χ1v) is 4.09. The van der Waals surface area contributed by atoms with Crippen molar-refractivity contribution in [3.05, 3.63) is 24.3 Å². The summed E-state index contributed by atoms with van der Waals surface area (Å²) in [5.41, 5.74) is 5.92. The molecule has 74 valence electrons. The van der Waals surface area contributed by atoms with E-state index in [1.54, 1.807) is 18.2 Å². The monoisotopic (exact) mass is 194 g/mol. The van der Waals surface area contributed by atoms with E-state index in [4.69, 9.17) is 15.8 Å². The molecule has 0 aliphatic carbocycles. The SMILES string of the molecule is NCC(=O)Nc1cccc(B(O)O)c1. The Morgan fingerprint density at radius 1 is 1.50 bits per heavy atom. The molecular weight excluding hydrogens is 183 g/mol. The third-order valence-electron chi connectivity index (χ3n) is 1.65. The molecule has 1 aromatic rings. The standard InChI is InChI=1S/C8H11BN2O3/c10-5-8(12)11-7-3-1-2-6(4-7)9(13)14/h1-4,13-14H,5,10H2,(H,11,12). The quantitative estimate of drug-likeness (QED) is 0.429. The van der Waals surface area contributed by atoms with Crippen molar-refractivity contribution in [3.8, 4) is 0 Å². The van der Waals surface area contributed by atoms with Crippen molar-refractivity contribution in [3.63, 3.8) is 0 Å². The van der Waals surface area contributed by atoms with Crippen molar-refractivity contribution in [2.45, 2.75) is 0 Å². The molecule has 0 aliphatic heterocycles. The molecule has 0 unspecified atom stereocenters. The minimum atomic E-state index is -1.54. The molecule has 5 nitrogen and oxygen atoms in total. The largest absolute Gasteiger partial charge is 0.488 e. The Kier molecular flexibility index (Phi) is 3.64. The number of rotatable bonds is 3. The summed E-state index contributed by atoms with van der Waals surface area (Å²) in [5, 5.41) is 20.2. The summed E-state index contributed by atoms with van der Waals surface area (Å²) in [6, 6.07) is 6.27. The highest BCUT2D eigenvalue weighted by Crippen LogP contribution is 2.03. The first-order valence-electron chi connectivity index (χ1n) is 4.09. The topological polar surface area (TPSA) is 95.6 Å². The van der Waals surface area contributed by atoms with Crippen LogP contribution in [0.4, 0.5) is 5.69 Å². The molecule has 0 aromatic heterocycles. The third-order valence-corrected chi connectivity index (χ3v) is 1.65. The molecule has 6 heteroatoms. The van der Waals surface area contributed by atoms with E-state index >= 15 is 0 Å². The molecule has 1 aromatic carbocycles. The number of nitrogens with one attached hydrogen (secondary N) is 1. The Balaban J connectivity index is 2.78. The first-order chi connectivity index (χ1) is 6.63. The van der Waals surface area contributed by atoms with Crippen LogP contribution in [0, 0.1) is 0 Å². The molecule has 1 rings (SSSR count). The second kappa shape index (κ2) is 4.76. The van der Waals surface area contributed by atoms with Gasteiger partial charge in [-0.2, -0.15) is 0 Å². The Labute approximate surface area is 81.7 Å². The number of hydrogen-bond acceptors (Lipinski definition) is 4. The maximum atomic E-state index is 10.9. The second-order valence-electron chi connectivity index (χ2n) is 2.75. The lowest BCUT2D eigenvalue weighted by atomic mass is 9.80. The molecule has 1 amide bonds. The predicted molar refractivity (Wildman–Crippen MR) is 54.0 cm³/mol. The van der Waals surface area contributed by atoms with Crippen LogP contribution < -0.4 is 16.5 Å². The Hall–Kier alpha value is -1.37. The smallest absolute Gasteiger partial charge is 0.423 e. The van der Waals surface area contributed by atoms with Crippen molar-refractivity contribution in [2.24, 2.45) is 5.73 Å². The van der Waals surface area contributed by atoms with E-state index in [9.17, 15) is 4.79 Å². The van der Waals surface area contributed by atoms with Gasteiger partial charge in [0.1, 0.15) is 0 Å². The van der Waals surface area contributed by atoms with Gasteiger partial charge in [0.2, 0.25) is 5.91 Å². The molecule has 0 saturated carbocycles. The van der Waals surface area contributed by atoms with E-state index < -0.39 is 7.12 Å². The van der Waals surface area contributed by atoms with E-state index in [1.165, 1.54) is 6.07 Å². The van der Waals surface area contributed by atoms with E-state index in [0.717, 1.165) is 0 Å². The van der Waals surface area contributed by atoms with Crippen LogP contribution in [0.2, 0.25) is 0 Å². The number of amides is 1. The Bertz CT molecular complexity index is 330. The fourth-order valence-corrected chi connectivity index (χ4v) is 0.989. The summed E-state index contributed by atoms with van der Waals surface area (Å²) in [5.74, 6) is -0.324. The van der Waals surface area contributed by atoms with Crippen LogP contribution in [0.1, 0.15) is 0 Å². The Morgan fingerprint density at radius 3 is 2.79 bits per heavy atom. The van der Waals surface area contributed by atoms with Crippen molar-refractivity contribution in [1.82, 2.24) is 0 Å². The lowest BCUT2D eigenvalue weighted by Gasteiger charge is -2.05. The number of benzene rings is 1. The maximum Gasteiger partial charge on any atom is 0.488 e. The van der Waals surface area contributed by atoms with Gasteiger partial charge in [-0.15, -0.1) is 0 Å². The third kappa shape index (κ3) is 2.84. The van der Waals surface area contributed by atoms with Crippen molar-refractivity contribution >= 4 is 24.2 Å². The van der Waals surface area contributed by atoms with Gasteiger partial charge < -0.3 is 21.1 Å². The molecule has 0 fully saturated rings. The van der Waals surface area contributed by atoms with Crippen molar-refractivity contribution < 1.29 is 14.8 Å². The van der Waals surface area contributed by atoms with Crippen LogP contribution in [0.3, 0.4) is 0 Å². The fourth-order valence-electron chi connectivity index (χ4n) is 0.989. The van der Waals surface area contributed by atoms with Crippen LogP contribution in [-0.2, 0) is 4.79 Å². The number of nitrogens with two attached hydrogens (primary N) is 1. The normalized spacial score (nSPS) is 9.64. The molecular formula is C8H11BN2O3. The minimum absolute atomic E-state index is 0.105. The summed E-state index contributed by atoms with van der Waals surface area (Å²) >= 11 is 0. The van der Waals surface area contributed by atoms with Gasteiger partial charge >= 0.3 is 7.12 Å². The van der Waals surface area contributed by atoms with Crippen LogP contribution in [0.15, 0.2) is 24.3 Å². The fraction of sp³-hybridized carbons (Fsp3) is 0.125. The van der Waals surface area contributed by atoms with Gasteiger partial charge in [-0.1, -0.05) is 12.1 Å². The summed E-state index contributed by atoms with van der Waals surface area (Å²) in [6.07, 6.45) is 0. The van der Waals surface area contributed by atoms with Gasteiger partial charge in [-0.05, 0) is 17.6 Å². The highest BCUT2D eigenvalue weighted by molar-refractivity contribution is 6.58. The zero-order valence-electron chi connectivity index (χ0n) is 7.47. The van der Waals surface area contributed by atoms with Crippen LogP contribution in [0.25, 0.3) is 0 Å². The number of carbonyl (C=O) groups is 1. The van der Waals surface area contributed by atoms with Gasteiger partial charge in [0, 0.05) is 5.69 Å². The molecule has 0 bridgehead atoms. The van der Waals surface area contributed by atoms with Crippen molar-refractivity contribution in [1.29, 1.82) is 0 Å². The average molecular weight is 194 g/mol. The predicted octanol–water partition coefficient (Wildman–Crippen LogP) is -1.74. The van der Waals surface area contributed by atoms with Gasteiger partial charge in [0.25, 0.3) is 0 Å². The lowest BCUT2D eigenvalue weighted by molar-refractivity contribution is -0.114. The molecule has 14 heavy (non-hydrogen) atoms. The van der Waals surface area contributed by atoms with Gasteiger partial charge in [-0.25, -0.2) is 0 Å². The first kappa shape index (κ1) is 10.7. The molecule has 5 N–H and O–H groups in total. The molecule has 0 aliphatic rings. The van der Waals surface area contributed by atoms with Gasteiger partial charge in [0.15, 0.2) is 0 Å². The lowest BCUT2D eigenvalue weighted by Crippen LogP contribution is -2.30. The summed E-state index contributed by atoms with van der Waals surface area (Å²) < 4.78 is 0. The molecule has 0 spiro atoms. The van der Waals surface area contributed by atoms with E-state index in [2.05, 4.69) is 5.32 Å². The highest BCUT2D eigenvalue weighted by atomic mass is 16.4. The number of carbonyl (C=O) groups excluding carboxylic acids is 1. The van der Waals surface area contributed by atoms with Crippen molar-refractivity contribution in [2.75, 3.05) is 11.9 Å². The average Bonchev–Trinajstić information content (AvgIpc) is 2.18. The maximum absolute atomic E-state index is 10.9.